The van der Waals surface area contributed by atoms with Crippen LogP contribution in [0.4, 0.5) is 0 Å². The number of phenols is 1. The fourth-order valence-corrected chi connectivity index (χ4v) is 1.31. The summed E-state index contributed by atoms with van der Waals surface area (Å²) in [6.07, 6.45) is 1.71. The highest BCUT2D eigenvalue weighted by Crippen LogP contribution is 2.26. The molecule has 0 aliphatic heterocycles. The summed E-state index contributed by atoms with van der Waals surface area (Å²) in [5, 5.41) is 13.6. The van der Waals surface area contributed by atoms with Crippen LogP contribution >= 0.6 is 12.8 Å². The number of rotatable bonds is 1. The van der Waals surface area contributed by atoms with Gasteiger partial charge in [0, 0.05) is 11.8 Å². The topological polar surface area (TPSA) is 38.0 Å². The summed E-state index contributed by atoms with van der Waals surface area (Å²) in [5.74, 6) is 0.231. The largest absolute Gasteiger partial charge is 0.507 e. The maximum absolute atomic E-state index is 9.50. The standard InChI is InChI=1S/C9H8N2OS/c12-9-4-2-1-3-7(9)8-5-6-11(13)10-8/h1-6,12-13H. The molecule has 66 valence electrons. The first-order valence-corrected chi connectivity index (χ1v) is 4.20. The number of hydrogen-bond donors (Lipinski definition) is 2. The Morgan fingerprint density at radius 2 is 2.00 bits per heavy atom. The molecule has 0 atom stereocenters. The number of hydrogen-bond acceptors (Lipinski definition) is 3. The lowest BCUT2D eigenvalue weighted by molar-refractivity contribution is 0.477. The summed E-state index contributed by atoms with van der Waals surface area (Å²) < 4.78 is 1.40. The third-order valence-corrected chi connectivity index (χ3v) is 1.98. The number of benzene rings is 1. The van der Waals surface area contributed by atoms with Crippen molar-refractivity contribution in [3.8, 4) is 17.0 Å². The predicted octanol–water partition coefficient (Wildman–Crippen LogP) is 1.95. The van der Waals surface area contributed by atoms with Crippen molar-refractivity contribution in [3.63, 3.8) is 0 Å². The average molecular weight is 192 g/mol. The minimum Gasteiger partial charge on any atom is -0.507 e. The lowest BCUT2D eigenvalue weighted by atomic mass is 10.1. The second-order valence-electron chi connectivity index (χ2n) is 2.64. The van der Waals surface area contributed by atoms with Crippen LogP contribution in [0, 0.1) is 0 Å². The predicted molar refractivity (Wildman–Crippen MR) is 53.7 cm³/mol. The van der Waals surface area contributed by atoms with Crippen molar-refractivity contribution in [2.45, 2.75) is 0 Å². The number of thiol groups is 1. The van der Waals surface area contributed by atoms with Gasteiger partial charge in [-0.2, -0.15) is 5.10 Å². The molecule has 0 unspecified atom stereocenters. The second-order valence-corrected chi connectivity index (χ2v) is 3.05. The number of aromatic hydroxyl groups is 1. The molecule has 0 aliphatic carbocycles. The highest BCUT2D eigenvalue weighted by atomic mass is 32.1. The quantitative estimate of drug-likeness (QED) is 0.678. The van der Waals surface area contributed by atoms with E-state index in [2.05, 4.69) is 17.9 Å². The van der Waals surface area contributed by atoms with Crippen molar-refractivity contribution < 1.29 is 5.11 Å². The first-order valence-electron chi connectivity index (χ1n) is 3.80. The highest BCUT2D eigenvalue weighted by Gasteiger charge is 2.04. The maximum atomic E-state index is 9.50. The second kappa shape index (κ2) is 3.14. The molecule has 1 aromatic carbocycles. The molecule has 1 heterocycles. The van der Waals surface area contributed by atoms with E-state index in [0.717, 1.165) is 5.56 Å². The van der Waals surface area contributed by atoms with Crippen LogP contribution in [0.1, 0.15) is 0 Å². The summed E-state index contributed by atoms with van der Waals surface area (Å²) in [6, 6.07) is 8.86. The molecule has 13 heavy (non-hydrogen) atoms. The third-order valence-electron chi connectivity index (χ3n) is 1.76. The molecule has 0 amide bonds. The van der Waals surface area contributed by atoms with Gasteiger partial charge in [-0.15, -0.1) is 0 Å². The fourth-order valence-electron chi connectivity index (χ4n) is 1.15. The van der Waals surface area contributed by atoms with Crippen LogP contribution in [0.2, 0.25) is 0 Å². The zero-order valence-corrected chi connectivity index (χ0v) is 7.65. The molecule has 3 nitrogen and oxygen atoms in total. The summed E-state index contributed by atoms with van der Waals surface area (Å²) in [6.45, 7) is 0. The van der Waals surface area contributed by atoms with Gasteiger partial charge in [0.1, 0.15) is 5.75 Å². The SMILES string of the molecule is Oc1ccccc1-c1ccn(S)n1. The molecule has 0 radical (unpaired) electrons. The van der Waals surface area contributed by atoms with E-state index in [1.54, 1.807) is 24.4 Å². The summed E-state index contributed by atoms with van der Waals surface area (Å²) in [4.78, 5) is 0. The van der Waals surface area contributed by atoms with Crippen LogP contribution in [-0.2, 0) is 0 Å². The first kappa shape index (κ1) is 8.19. The molecule has 4 heteroatoms. The number of para-hydroxylation sites is 1. The Morgan fingerprint density at radius 1 is 1.23 bits per heavy atom. The molecule has 1 aromatic heterocycles. The van der Waals surface area contributed by atoms with Crippen molar-refractivity contribution in [1.82, 2.24) is 9.19 Å². The van der Waals surface area contributed by atoms with Crippen molar-refractivity contribution in [2.75, 3.05) is 0 Å². The number of nitrogens with zero attached hydrogens (tertiary/aromatic N) is 2. The van der Waals surface area contributed by atoms with E-state index in [1.807, 2.05) is 12.1 Å². The Bertz CT molecular complexity index is 425. The van der Waals surface area contributed by atoms with E-state index in [4.69, 9.17) is 0 Å². The molecule has 1 N–H and O–H groups in total. The molecule has 0 saturated heterocycles. The van der Waals surface area contributed by atoms with Gasteiger partial charge < -0.3 is 5.11 Å². The smallest absolute Gasteiger partial charge is 0.125 e. The summed E-state index contributed by atoms with van der Waals surface area (Å²) >= 11 is 4.01. The van der Waals surface area contributed by atoms with Crippen molar-refractivity contribution >= 4 is 12.8 Å². The molecule has 0 fully saturated rings. The van der Waals surface area contributed by atoms with Gasteiger partial charge in [-0.05, 0) is 31.0 Å². The van der Waals surface area contributed by atoms with Gasteiger partial charge in [0.2, 0.25) is 0 Å². The molecule has 0 bridgehead atoms. The molecule has 2 aromatic rings. The van der Waals surface area contributed by atoms with Gasteiger partial charge in [-0.3, -0.25) is 0 Å². The Morgan fingerprint density at radius 3 is 2.62 bits per heavy atom. The monoisotopic (exact) mass is 192 g/mol. The Balaban J connectivity index is 2.52. The van der Waals surface area contributed by atoms with Gasteiger partial charge in [0.05, 0.1) is 5.69 Å². The molecule has 2 rings (SSSR count). The lowest BCUT2D eigenvalue weighted by Crippen LogP contribution is -1.82. The molecular weight excluding hydrogens is 184 g/mol. The van der Waals surface area contributed by atoms with Gasteiger partial charge in [0.15, 0.2) is 0 Å². The van der Waals surface area contributed by atoms with Gasteiger partial charge in [-0.25, -0.2) is 4.09 Å². The van der Waals surface area contributed by atoms with E-state index >= 15 is 0 Å². The fraction of sp³-hybridized carbons (Fsp3) is 0. The van der Waals surface area contributed by atoms with E-state index in [-0.39, 0.29) is 5.75 Å². The maximum Gasteiger partial charge on any atom is 0.125 e. The normalized spacial score (nSPS) is 10.2. The average Bonchev–Trinajstić information content (AvgIpc) is 2.53. The molecule has 0 spiro atoms. The van der Waals surface area contributed by atoms with Crippen LogP contribution < -0.4 is 0 Å². The minimum absolute atomic E-state index is 0.231. The van der Waals surface area contributed by atoms with Crippen LogP contribution in [0.25, 0.3) is 11.3 Å². The van der Waals surface area contributed by atoms with E-state index < -0.39 is 0 Å². The van der Waals surface area contributed by atoms with Crippen LogP contribution in [0.3, 0.4) is 0 Å². The minimum atomic E-state index is 0.231. The molecule has 0 aliphatic rings. The van der Waals surface area contributed by atoms with Gasteiger partial charge in [-0.1, -0.05) is 12.1 Å². The number of phenolic OH excluding ortho intramolecular Hbond substituents is 1. The molecular formula is C9H8N2OS. The Hall–Kier alpha value is -1.42. The van der Waals surface area contributed by atoms with Crippen LogP contribution in [-0.4, -0.2) is 14.3 Å². The zero-order valence-electron chi connectivity index (χ0n) is 6.75. The highest BCUT2D eigenvalue weighted by molar-refractivity contribution is 7.78. The third kappa shape index (κ3) is 1.53. The molecule has 0 saturated carbocycles. The summed E-state index contributed by atoms with van der Waals surface area (Å²) in [7, 11) is 0. The van der Waals surface area contributed by atoms with E-state index in [0.29, 0.717) is 5.69 Å². The Labute approximate surface area is 81.2 Å². The van der Waals surface area contributed by atoms with Gasteiger partial charge in [0.25, 0.3) is 0 Å². The van der Waals surface area contributed by atoms with E-state index in [1.165, 1.54) is 4.09 Å². The van der Waals surface area contributed by atoms with Gasteiger partial charge >= 0.3 is 0 Å². The van der Waals surface area contributed by atoms with Crippen LogP contribution in [0.5, 0.6) is 5.75 Å². The lowest BCUT2D eigenvalue weighted by Gasteiger charge is -1.98. The van der Waals surface area contributed by atoms with E-state index in [9.17, 15) is 5.11 Å². The number of aromatic nitrogens is 2. The van der Waals surface area contributed by atoms with Crippen molar-refractivity contribution in [2.24, 2.45) is 0 Å². The first-order chi connectivity index (χ1) is 6.27. The van der Waals surface area contributed by atoms with Crippen molar-refractivity contribution in [1.29, 1.82) is 0 Å². The van der Waals surface area contributed by atoms with Crippen molar-refractivity contribution in [3.05, 3.63) is 36.5 Å². The summed E-state index contributed by atoms with van der Waals surface area (Å²) in [5.41, 5.74) is 1.43. The zero-order chi connectivity index (χ0) is 9.26. The van der Waals surface area contributed by atoms with Crippen LogP contribution in [0.15, 0.2) is 36.5 Å². The Kier molecular flexibility index (Phi) is 1.98.